The quantitative estimate of drug-likeness (QED) is 0.781. The topological polar surface area (TPSA) is 47.6 Å². The number of carbonyl (C=O) groups is 1. The van der Waals surface area contributed by atoms with Crippen LogP contribution in [0.2, 0.25) is 0 Å². The third-order valence-electron chi connectivity index (χ3n) is 2.97. The van der Waals surface area contributed by atoms with Crippen molar-refractivity contribution in [2.75, 3.05) is 19.8 Å². The predicted molar refractivity (Wildman–Crippen MR) is 75.3 cm³/mol. The van der Waals surface area contributed by atoms with Gasteiger partial charge in [-0.2, -0.15) is 0 Å². The Labute approximate surface area is 119 Å². The van der Waals surface area contributed by atoms with Crippen LogP contribution < -0.4 is 10.1 Å². The molecule has 0 heterocycles. The van der Waals surface area contributed by atoms with Crippen molar-refractivity contribution in [2.45, 2.75) is 33.2 Å². The third kappa shape index (κ3) is 3.93. The summed E-state index contributed by atoms with van der Waals surface area (Å²) in [6.45, 7) is 7.84. The fourth-order valence-electron chi connectivity index (χ4n) is 1.82. The number of likely N-dealkylation sites (N-methyl/N-ethyl adjacent to an activating group) is 1. The number of halogens is 1. The molecular formula is C15H22FNO3. The molecule has 112 valence electrons. The molecule has 5 heteroatoms. The Morgan fingerprint density at radius 2 is 2.10 bits per heavy atom. The smallest absolute Gasteiger partial charge is 0.329 e. The van der Waals surface area contributed by atoms with Crippen molar-refractivity contribution >= 4 is 5.97 Å². The van der Waals surface area contributed by atoms with Crippen LogP contribution in [0.25, 0.3) is 0 Å². The van der Waals surface area contributed by atoms with Gasteiger partial charge in [0.15, 0.2) is 11.6 Å². The van der Waals surface area contributed by atoms with Crippen molar-refractivity contribution in [1.82, 2.24) is 5.32 Å². The fraction of sp³-hybridized carbons (Fsp3) is 0.533. The van der Waals surface area contributed by atoms with Gasteiger partial charge in [-0.3, -0.25) is 5.32 Å². The zero-order valence-electron chi connectivity index (χ0n) is 12.5. The zero-order valence-corrected chi connectivity index (χ0v) is 12.5. The van der Waals surface area contributed by atoms with Crippen LogP contribution >= 0.6 is 0 Å². The van der Waals surface area contributed by atoms with Crippen LogP contribution in [-0.2, 0) is 9.53 Å². The van der Waals surface area contributed by atoms with Crippen LogP contribution in [0.5, 0.6) is 5.75 Å². The maximum Gasteiger partial charge on any atom is 0.329 e. The van der Waals surface area contributed by atoms with Gasteiger partial charge in [0.25, 0.3) is 0 Å². The van der Waals surface area contributed by atoms with Crippen molar-refractivity contribution in [3.63, 3.8) is 0 Å². The van der Waals surface area contributed by atoms with Crippen molar-refractivity contribution in [2.24, 2.45) is 0 Å². The van der Waals surface area contributed by atoms with Crippen molar-refractivity contribution in [3.05, 3.63) is 29.6 Å². The van der Waals surface area contributed by atoms with E-state index in [0.717, 1.165) is 0 Å². The second-order valence-electron chi connectivity index (χ2n) is 4.76. The maximum atomic E-state index is 13.9. The van der Waals surface area contributed by atoms with Crippen LogP contribution in [0, 0.1) is 12.7 Å². The minimum atomic E-state index is -0.999. The summed E-state index contributed by atoms with van der Waals surface area (Å²) in [6, 6.07) is 4.92. The fourth-order valence-corrected chi connectivity index (χ4v) is 1.82. The Morgan fingerprint density at radius 1 is 1.40 bits per heavy atom. The Kier molecular flexibility index (Phi) is 5.95. The number of esters is 1. The first-order valence-corrected chi connectivity index (χ1v) is 6.74. The molecule has 0 aliphatic heterocycles. The second kappa shape index (κ2) is 7.24. The minimum absolute atomic E-state index is 0.0000463. The van der Waals surface area contributed by atoms with Gasteiger partial charge >= 0.3 is 5.97 Å². The number of rotatable bonds is 7. The van der Waals surface area contributed by atoms with Crippen LogP contribution in [0.1, 0.15) is 26.3 Å². The molecule has 1 aromatic carbocycles. The molecular weight excluding hydrogens is 261 g/mol. The molecule has 1 unspecified atom stereocenters. The van der Waals surface area contributed by atoms with Crippen LogP contribution in [0.3, 0.4) is 0 Å². The van der Waals surface area contributed by atoms with Gasteiger partial charge in [0, 0.05) is 0 Å². The highest BCUT2D eigenvalue weighted by atomic mass is 19.1. The van der Waals surface area contributed by atoms with Crippen molar-refractivity contribution in [3.8, 4) is 5.75 Å². The maximum absolute atomic E-state index is 13.9. The molecule has 1 rings (SSSR count). The van der Waals surface area contributed by atoms with E-state index < -0.39 is 17.3 Å². The molecule has 1 N–H and O–H groups in total. The monoisotopic (exact) mass is 283 g/mol. The zero-order chi connectivity index (χ0) is 15.2. The van der Waals surface area contributed by atoms with E-state index in [9.17, 15) is 9.18 Å². The van der Waals surface area contributed by atoms with E-state index in [2.05, 4.69) is 5.32 Å². The molecule has 0 saturated heterocycles. The van der Waals surface area contributed by atoms with Gasteiger partial charge in [-0.1, -0.05) is 19.1 Å². The first-order valence-electron chi connectivity index (χ1n) is 6.74. The summed E-state index contributed by atoms with van der Waals surface area (Å²) < 4.78 is 24.3. The molecule has 0 fully saturated rings. The Morgan fingerprint density at radius 3 is 2.70 bits per heavy atom. The number of nitrogens with one attached hydrogen (secondary N) is 1. The van der Waals surface area contributed by atoms with Gasteiger partial charge in [0.05, 0.1) is 6.61 Å². The Balaban J connectivity index is 2.81. The molecule has 0 aliphatic rings. The molecule has 20 heavy (non-hydrogen) atoms. The van der Waals surface area contributed by atoms with Crippen molar-refractivity contribution in [1.29, 1.82) is 0 Å². The molecule has 1 aromatic rings. The average molecular weight is 283 g/mol. The van der Waals surface area contributed by atoms with E-state index >= 15 is 0 Å². The number of benzene rings is 1. The van der Waals surface area contributed by atoms with E-state index in [1.165, 1.54) is 0 Å². The predicted octanol–water partition coefficient (Wildman–Crippen LogP) is 2.44. The summed E-state index contributed by atoms with van der Waals surface area (Å²) in [4.78, 5) is 12.0. The summed E-state index contributed by atoms with van der Waals surface area (Å²) >= 11 is 0. The number of hydrogen-bond donors (Lipinski definition) is 1. The van der Waals surface area contributed by atoms with Gasteiger partial charge in [0.2, 0.25) is 0 Å². The highest BCUT2D eigenvalue weighted by Crippen LogP contribution is 2.21. The normalized spacial score (nSPS) is 13.7. The molecule has 4 nitrogen and oxygen atoms in total. The first kappa shape index (κ1) is 16.4. The van der Waals surface area contributed by atoms with E-state index in [4.69, 9.17) is 9.47 Å². The number of hydrogen-bond acceptors (Lipinski definition) is 4. The SMILES string of the molecule is CCNC(C)(COc1cccc(C)c1F)C(=O)OCC. The van der Waals surface area contributed by atoms with Gasteiger partial charge in [-0.05, 0) is 38.9 Å². The lowest BCUT2D eigenvalue weighted by Gasteiger charge is -2.28. The van der Waals surface area contributed by atoms with E-state index in [1.54, 1.807) is 39.0 Å². The molecule has 0 aliphatic carbocycles. The number of carbonyl (C=O) groups excluding carboxylic acids is 1. The average Bonchev–Trinajstić information content (AvgIpc) is 2.41. The standard InChI is InChI=1S/C15H22FNO3/c1-5-17-15(4,14(18)19-6-2)10-20-12-9-7-8-11(3)13(12)16/h7-9,17H,5-6,10H2,1-4H3. The van der Waals surface area contributed by atoms with Crippen LogP contribution in [-0.4, -0.2) is 31.3 Å². The Bertz CT molecular complexity index is 464. The van der Waals surface area contributed by atoms with Crippen LogP contribution in [0.15, 0.2) is 18.2 Å². The molecule has 0 bridgehead atoms. The lowest BCUT2D eigenvalue weighted by Crippen LogP contribution is -2.54. The number of ether oxygens (including phenoxy) is 2. The molecule has 0 aromatic heterocycles. The lowest BCUT2D eigenvalue weighted by molar-refractivity contribution is -0.151. The van der Waals surface area contributed by atoms with E-state index in [1.807, 2.05) is 6.92 Å². The first-order chi connectivity index (χ1) is 9.44. The van der Waals surface area contributed by atoms with Gasteiger partial charge < -0.3 is 9.47 Å². The Hall–Kier alpha value is -1.62. The highest BCUT2D eigenvalue weighted by molar-refractivity contribution is 5.80. The summed E-state index contributed by atoms with van der Waals surface area (Å²) in [5.41, 5.74) is -0.496. The molecule has 0 amide bonds. The summed E-state index contributed by atoms with van der Waals surface area (Å²) in [7, 11) is 0. The lowest BCUT2D eigenvalue weighted by atomic mass is 10.0. The summed E-state index contributed by atoms with van der Waals surface area (Å²) in [5.74, 6) is -0.677. The van der Waals surface area contributed by atoms with Gasteiger partial charge in [-0.25, -0.2) is 9.18 Å². The van der Waals surface area contributed by atoms with E-state index in [-0.39, 0.29) is 12.4 Å². The largest absolute Gasteiger partial charge is 0.488 e. The highest BCUT2D eigenvalue weighted by Gasteiger charge is 2.35. The second-order valence-corrected chi connectivity index (χ2v) is 4.76. The number of aryl methyl sites for hydroxylation is 1. The minimum Gasteiger partial charge on any atom is -0.488 e. The van der Waals surface area contributed by atoms with E-state index in [0.29, 0.717) is 18.7 Å². The third-order valence-corrected chi connectivity index (χ3v) is 2.97. The molecule has 0 radical (unpaired) electrons. The molecule has 0 saturated carbocycles. The van der Waals surface area contributed by atoms with Crippen molar-refractivity contribution < 1.29 is 18.7 Å². The van der Waals surface area contributed by atoms with Gasteiger partial charge in [0.1, 0.15) is 12.1 Å². The summed E-state index contributed by atoms with van der Waals surface area (Å²) in [5, 5.41) is 3.03. The molecule has 0 spiro atoms. The molecule has 1 atom stereocenters. The van der Waals surface area contributed by atoms with Crippen LogP contribution in [0.4, 0.5) is 4.39 Å². The summed E-state index contributed by atoms with van der Waals surface area (Å²) in [6.07, 6.45) is 0. The van der Waals surface area contributed by atoms with Gasteiger partial charge in [-0.15, -0.1) is 0 Å².